The van der Waals surface area contributed by atoms with E-state index in [1.807, 2.05) is 20.8 Å². The summed E-state index contributed by atoms with van der Waals surface area (Å²) in [7, 11) is -2.15. The molecule has 21 heavy (non-hydrogen) atoms. The highest BCUT2D eigenvalue weighted by Crippen LogP contribution is 2.29. The van der Waals surface area contributed by atoms with Gasteiger partial charge in [-0.3, -0.25) is 0 Å². The van der Waals surface area contributed by atoms with Gasteiger partial charge in [0.1, 0.15) is 0 Å². The summed E-state index contributed by atoms with van der Waals surface area (Å²) >= 11 is 0. The van der Waals surface area contributed by atoms with E-state index in [0.717, 1.165) is 0 Å². The van der Waals surface area contributed by atoms with Gasteiger partial charge in [0, 0.05) is 12.6 Å². The quantitative estimate of drug-likeness (QED) is 0.594. The average Bonchev–Trinajstić information content (AvgIpc) is 2.39. The molecule has 0 saturated heterocycles. The molecule has 0 radical (unpaired) electrons. The number of anilines is 2. The van der Waals surface area contributed by atoms with Crippen LogP contribution >= 0.6 is 0 Å². The fourth-order valence-corrected chi connectivity index (χ4v) is 2.74. The van der Waals surface area contributed by atoms with Gasteiger partial charge in [0.25, 0.3) is 0 Å². The number of aliphatic hydroxyl groups is 1. The predicted molar refractivity (Wildman–Crippen MR) is 85.7 cm³/mol. The maximum atomic E-state index is 11.9. The molecule has 1 aromatic rings. The average molecular weight is 315 g/mol. The number of nitrogens with two attached hydrogens (primary N) is 1. The predicted octanol–water partition coefficient (Wildman–Crippen LogP) is 1.39. The molecule has 5 N–H and O–H groups in total. The molecule has 1 aromatic carbocycles. The Morgan fingerprint density at radius 3 is 2.43 bits per heavy atom. The first-order chi connectivity index (χ1) is 9.61. The fraction of sp³-hybridized carbons (Fsp3) is 0.571. The van der Waals surface area contributed by atoms with Crippen LogP contribution in [0, 0.1) is 5.41 Å². The molecule has 0 aliphatic heterocycles. The van der Waals surface area contributed by atoms with Crippen molar-refractivity contribution in [2.45, 2.75) is 38.1 Å². The van der Waals surface area contributed by atoms with Gasteiger partial charge in [0.2, 0.25) is 10.0 Å². The van der Waals surface area contributed by atoms with Gasteiger partial charge in [-0.05, 0) is 37.1 Å². The van der Waals surface area contributed by atoms with Crippen molar-refractivity contribution >= 4 is 21.4 Å². The van der Waals surface area contributed by atoms with Crippen molar-refractivity contribution < 1.29 is 13.5 Å². The number of hydrogen-bond acceptors (Lipinski definition) is 5. The Bertz CT molecular complexity index is 580. The van der Waals surface area contributed by atoms with Crippen molar-refractivity contribution in [1.29, 1.82) is 0 Å². The standard InChI is InChI=1S/C14H25N3O3S/c1-14(2,3)13(7-8-18)17-12-9-10(5-6-11(12)15)21(19,20)16-4/h5-6,9,13,16-18H,7-8,15H2,1-4H3. The summed E-state index contributed by atoms with van der Waals surface area (Å²) in [6.45, 7) is 6.18. The minimum Gasteiger partial charge on any atom is -0.397 e. The Morgan fingerprint density at radius 1 is 1.33 bits per heavy atom. The third kappa shape index (κ3) is 4.59. The summed E-state index contributed by atoms with van der Waals surface area (Å²) in [6, 6.07) is 4.50. The number of hydrogen-bond donors (Lipinski definition) is 4. The number of aliphatic hydroxyl groups excluding tert-OH is 1. The van der Waals surface area contributed by atoms with Crippen LogP contribution in [0.2, 0.25) is 0 Å². The highest BCUT2D eigenvalue weighted by Gasteiger charge is 2.25. The normalized spacial score (nSPS) is 14.0. The van der Waals surface area contributed by atoms with Crippen molar-refractivity contribution in [3.05, 3.63) is 18.2 Å². The lowest BCUT2D eigenvalue weighted by Crippen LogP contribution is -2.35. The lowest BCUT2D eigenvalue weighted by molar-refractivity contribution is 0.235. The van der Waals surface area contributed by atoms with Crippen molar-refractivity contribution in [2.75, 3.05) is 24.7 Å². The van der Waals surface area contributed by atoms with Crippen molar-refractivity contribution in [3.8, 4) is 0 Å². The second-order valence-corrected chi connectivity index (χ2v) is 7.92. The minimum atomic E-state index is -3.52. The third-order valence-corrected chi connectivity index (χ3v) is 4.81. The highest BCUT2D eigenvalue weighted by molar-refractivity contribution is 7.89. The van der Waals surface area contributed by atoms with Crippen molar-refractivity contribution in [3.63, 3.8) is 0 Å². The lowest BCUT2D eigenvalue weighted by Gasteiger charge is -2.32. The van der Waals surface area contributed by atoms with E-state index < -0.39 is 10.0 Å². The Labute approximate surface area is 126 Å². The van der Waals surface area contributed by atoms with E-state index >= 15 is 0 Å². The lowest BCUT2D eigenvalue weighted by atomic mass is 9.84. The summed E-state index contributed by atoms with van der Waals surface area (Å²) in [5.74, 6) is 0. The molecule has 0 bridgehead atoms. The second kappa shape index (κ2) is 6.64. The summed E-state index contributed by atoms with van der Waals surface area (Å²) in [5, 5.41) is 12.4. The van der Waals surface area contributed by atoms with Gasteiger partial charge < -0.3 is 16.2 Å². The first-order valence-corrected chi connectivity index (χ1v) is 8.30. The van der Waals surface area contributed by atoms with Crippen LogP contribution in [0.5, 0.6) is 0 Å². The van der Waals surface area contributed by atoms with E-state index in [2.05, 4.69) is 10.0 Å². The van der Waals surface area contributed by atoms with Gasteiger partial charge >= 0.3 is 0 Å². The number of nitrogens with one attached hydrogen (secondary N) is 2. The van der Waals surface area contributed by atoms with E-state index in [1.165, 1.54) is 19.2 Å². The van der Waals surface area contributed by atoms with Crippen LogP contribution < -0.4 is 15.8 Å². The SMILES string of the molecule is CNS(=O)(=O)c1ccc(N)c(NC(CCO)C(C)(C)C)c1. The molecule has 0 amide bonds. The van der Waals surface area contributed by atoms with Gasteiger partial charge in [-0.2, -0.15) is 0 Å². The Hall–Kier alpha value is -1.31. The van der Waals surface area contributed by atoms with Crippen molar-refractivity contribution in [2.24, 2.45) is 5.41 Å². The number of nitrogen functional groups attached to an aromatic ring is 1. The van der Waals surface area contributed by atoms with Crippen LogP contribution in [0.4, 0.5) is 11.4 Å². The van der Waals surface area contributed by atoms with Crippen LogP contribution in [0.15, 0.2) is 23.1 Å². The summed E-state index contributed by atoms with van der Waals surface area (Å²) in [5.41, 5.74) is 6.84. The zero-order valence-electron chi connectivity index (χ0n) is 13.0. The molecule has 7 heteroatoms. The fourth-order valence-electron chi connectivity index (χ4n) is 1.98. The summed E-state index contributed by atoms with van der Waals surface area (Å²) < 4.78 is 26.0. The maximum absolute atomic E-state index is 11.9. The van der Waals surface area contributed by atoms with Crippen LogP contribution in [0.25, 0.3) is 0 Å². The van der Waals surface area contributed by atoms with Gasteiger partial charge in [-0.25, -0.2) is 13.1 Å². The molecule has 0 saturated carbocycles. The second-order valence-electron chi connectivity index (χ2n) is 6.03. The molecule has 0 aromatic heterocycles. The van der Waals surface area contributed by atoms with E-state index in [4.69, 9.17) is 5.73 Å². The molecule has 120 valence electrons. The van der Waals surface area contributed by atoms with E-state index in [9.17, 15) is 13.5 Å². The Morgan fingerprint density at radius 2 is 1.95 bits per heavy atom. The van der Waals surface area contributed by atoms with Crippen LogP contribution in [0.1, 0.15) is 27.2 Å². The molecule has 0 spiro atoms. The summed E-state index contributed by atoms with van der Waals surface area (Å²) in [6.07, 6.45) is 0.548. The van der Waals surface area contributed by atoms with Crippen LogP contribution in [0.3, 0.4) is 0 Å². The van der Waals surface area contributed by atoms with Gasteiger partial charge in [-0.1, -0.05) is 20.8 Å². The first kappa shape index (κ1) is 17.7. The third-order valence-electron chi connectivity index (χ3n) is 3.40. The van der Waals surface area contributed by atoms with E-state index in [0.29, 0.717) is 17.8 Å². The Balaban J connectivity index is 3.15. The molecule has 0 aliphatic carbocycles. The molecule has 0 heterocycles. The Kier molecular flexibility index (Phi) is 5.61. The van der Waals surface area contributed by atoms with Crippen LogP contribution in [-0.4, -0.2) is 33.2 Å². The molecule has 6 nitrogen and oxygen atoms in total. The molecule has 1 unspecified atom stereocenters. The van der Waals surface area contributed by atoms with Crippen LogP contribution in [-0.2, 0) is 10.0 Å². The van der Waals surface area contributed by atoms with Gasteiger partial charge in [0.05, 0.1) is 16.3 Å². The number of rotatable bonds is 6. The largest absolute Gasteiger partial charge is 0.397 e. The zero-order chi connectivity index (χ0) is 16.3. The molecular formula is C14H25N3O3S. The molecule has 0 fully saturated rings. The van der Waals surface area contributed by atoms with E-state index in [1.54, 1.807) is 6.07 Å². The monoisotopic (exact) mass is 315 g/mol. The van der Waals surface area contributed by atoms with Crippen molar-refractivity contribution in [1.82, 2.24) is 4.72 Å². The summed E-state index contributed by atoms with van der Waals surface area (Å²) in [4.78, 5) is 0.151. The van der Waals surface area contributed by atoms with E-state index in [-0.39, 0.29) is 23.0 Å². The molecule has 1 rings (SSSR count). The zero-order valence-corrected chi connectivity index (χ0v) is 13.8. The van der Waals surface area contributed by atoms with Gasteiger partial charge in [0.15, 0.2) is 0 Å². The van der Waals surface area contributed by atoms with Gasteiger partial charge in [-0.15, -0.1) is 0 Å². The highest BCUT2D eigenvalue weighted by atomic mass is 32.2. The number of sulfonamides is 1. The maximum Gasteiger partial charge on any atom is 0.240 e. The first-order valence-electron chi connectivity index (χ1n) is 6.82. The minimum absolute atomic E-state index is 0.0302. The molecule has 1 atom stereocenters. The topological polar surface area (TPSA) is 104 Å². The smallest absolute Gasteiger partial charge is 0.240 e. The number of benzene rings is 1. The molecular weight excluding hydrogens is 290 g/mol. The molecule has 0 aliphatic rings.